The molecule has 1 aliphatic rings. The summed E-state index contributed by atoms with van der Waals surface area (Å²) in [6.45, 7) is 0.702. The van der Waals surface area contributed by atoms with E-state index in [1.807, 2.05) is 4.90 Å². The molecule has 1 unspecified atom stereocenters. The topological polar surface area (TPSA) is 87.8 Å². The summed E-state index contributed by atoms with van der Waals surface area (Å²) in [6.07, 6.45) is -0.192. The molecular weight excluding hydrogens is 418 g/mol. The number of carboxylic acids is 1. The van der Waals surface area contributed by atoms with E-state index in [-0.39, 0.29) is 17.9 Å². The maximum Gasteiger partial charge on any atom is 0.304 e. The molecule has 1 saturated heterocycles. The minimum atomic E-state index is -3.16. The third-order valence-electron chi connectivity index (χ3n) is 3.12. The first kappa shape index (κ1) is 16.0. The van der Waals surface area contributed by atoms with E-state index >= 15 is 0 Å². The first-order valence-corrected chi connectivity index (χ1v) is 9.27. The smallest absolute Gasteiger partial charge is 0.304 e. The second-order valence-corrected chi connectivity index (χ2v) is 8.47. The van der Waals surface area contributed by atoms with Crippen LogP contribution in [0.1, 0.15) is 12.2 Å². The fraction of sp³-hybridized carbons (Fsp3) is 0.545. The van der Waals surface area contributed by atoms with Crippen molar-refractivity contribution in [2.75, 3.05) is 18.1 Å². The maximum absolute atomic E-state index is 11.6. The number of furan rings is 1. The second kappa shape index (κ2) is 6.17. The van der Waals surface area contributed by atoms with E-state index in [9.17, 15) is 13.2 Å². The average molecular weight is 431 g/mol. The van der Waals surface area contributed by atoms with Crippen LogP contribution in [-0.4, -0.2) is 48.5 Å². The van der Waals surface area contributed by atoms with E-state index in [2.05, 4.69) is 31.9 Å². The molecule has 112 valence electrons. The summed E-state index contributed by atoms with van der Waals surface area (Å²) in [5, 5.41) is 8.91. The number of sulfone groups is 1. The Bertz CT molecular complexity index is 593. The summed E-state index contributed by atoms with van der Waals surface area (Å²) in [5.74, 6) is -0.425. The molecule has 0 aliphatic carbocycles. The van der Waals surface area contributed by atoms with E-state index in [4.69, 9.17) is 9.52 Å². The van der Waals surface area contributed by atoms with Gasteiger partial charge in [-0.05, 0) is 37.9 Å². The van der Waals surface area contributed by atoms with Gasteiger partial charge in [0, 0.05) is 12.6 Å². The first-order valence-electron chi connectivity index (χ1n) is 5.87. The molecular formula is C11H13Br2NO5S. The summed E-state index contributed by atoms with van der Waals surface area (Å²) in [5.41, 5.74) is 0. The van der Waals surface area contributed by atoms with Gasteiger partial charge in [0.15, 0.2) is 14.5 Å². The van der Waals surface area contributed by atoms with Crippen LogP contribution in [0.4, 0.5) is 0 Å². The van der Waals surface area contributed by atoms with Crippen molar-refractivity contribution in [3.8, 4) is 0 Å². The van der Waals surface area contributed by atoms with Crippen molar-refractivity contribution >= 4 is 47.7 Å². The van der Waals surface area contributed by atoms with Gasteiger partial charge >= 0.3 is 5.97 Å². The predicted molar refractivity (Wildman–Crippen MR) is 79.2 cm³/mol. The van der Waals surface area contributed by atoms with Crippen LogP contribution in [0.2, 0.25) is 0 Å². The maximum atomic E-state index is 11.6. The zero-order chi connectivity index (χ0) is 14.9. The van der Waals surface area contributed by atoms with Crippen LogP contribution in [0, 0.1) is 0 Å². The lowest BCUT2D eigenvalue weighted by Gasteiger charge is -2.33. The molecule has 0 bridgehead atoms. The summed E-state index contributed by atoms with van der Waals surface area (Å²) in [7, 11) is -3.16. The quantitative estimate of drug-likeness (QED) is 0.784. The Morgan fingerprint density at radius 2 is 2.20 bits per heavy atom. The van der Waals surface area contributed by atoms with Gasteiger partial charge < -0.3 is 9.52 Å². The Kier molecular flexibility index (Phi) is 4.93. The van der Waals surface area contributed by atoms with Gasteiger partial charge in [-0.2, -0.15) is 0 Å². The van der Waals surface area contributed by atoms with Crippen molar-refractivity contribution in [3.05, 3.63) is 21.0 Å². The Labute approximate surface area is 133 Å². The Morgan fingerprint density at radius 3 is 2.75 bits per heavy atom. The average Bonchev–Trinajstić information content (AvgIpc) is 2.61. The van der Waals surface area contributed by atoms with Gasteiger partial charge in [-0.1, -0.05) is 0 Å². The molecule has 1 aromatic rings. The van der Waals surface area contributed by atoms with Crippen LogP contribution in [0.15, 0.2) is 19.6 Å². The van der Waals surface area contributed by atoms with Gasteiger partial charge in [-0.3, -0.25) is 9.69 Å². The minimum absolute atomic E-state index is 0.0478. The molecule has 1 aromatic heterocycles. The van der Waals surface area contributed by atoms with Crippen LogP contribution >= 0.6 is 31.9 Å². The lowest BCUT2D eigenvalue weighted by molar-refractivity contribution is -0.138. The summed E-state index contributed by atoms with van der Waals surface area (Å²) >= 11 is 6.54. The van der Waals surface area contributed by atoms with Crippen LogP contribution in [0.5, 0.6) is 0 Å². The van der Waals surface area contributed by atoms with Gasteiger partial charge in [-0.15, -0.1) is 0 Å². The minimum Gasteiger partial charge on any atom is -0.481 e. The Morgan fingerprint density at radius 1 is 1.50 bits per heavy atom. The molecule has 0 spiro atoms. The molecule has 2 heterocycles. The number of carboxylic acid groups (broad SMARTS) is 1. The highest BCUT2D eigenvalue weighted by Crippen LogP contribution is 2.28. The zero-order valence-electron chi connectivity index (χ0n) is 10.4. The van der Waals surface area contributed by atoms with Crippen LogP contribution < -0.4 is 0 Å². The van der Waals surface area contributed by atoms with Gasteiger partial charge in [0.25, 0.3) is 0 Å². The number of hydrogen-bond acceptors (Lipinski definition) is 5. The van der Waals surface area contributed by atoms with Crippen molar-refractivity contribution in [2.45, 2.75) is 19.0 Å². The van der Waals surface area contributed by atoms with Crippen LogP contribution in [0.25, 0.3) is 0 Å². The summed E-state index contributed by atoms with van der Waals surface area (Å²) in [4.78, 5) is 12.7. The molecule has 20 heavy (non-hydrogen) atoms. The number of nitrogens with zero attached hydrogens (tertiary/aromatic N) is 1. The number of carbonyl (C=O) groups is 1. The fourth-order valence-corrected chi connectivity index (χ4v) is 4.44. The molecule has 0 aromatic carbocycles. The third-order valence-corrected chi connectivity index (χ3v) is 6.52. The molecule has 9 heteroatoms. The molecule has 2 rings (SSSR count). The van der Waals surface area contributed by atoms with Crippen molar-refractivity contribution in [3.63, 3.8) is 0 Å². The number of halogens is 2. The third kappa shape index (κ3) is 4.06. The van der Waals surface area contributed by atoms with E-state index in [0.717, 1.165) is 4.47 Å². The lowest BCUT2D eigenvalue weighted by atomic mass is 10.2. The van der Waals surface area contributed by atoms with Crippen LogP contribution in [0.3, 0.4) is 0 Å². The molecule has 1 aliphatic heterocycles. The van der Waals surface area contributed by atoms with E-state index < -0.39 is 21.8 Å². The normalized spacial score (nSPS) is 22.8. The van der Waals surface area contributed by atoms with E-state index in [1.165, 1.54) is 0 Å². The number of hydrogen-bond donors (Lipinski definition) is 1. The van der Waals surface area contributed by atoms with Crippen molar-refractivity contribution in [1.29, 1.82) is 0 Å². The Balaban J connectivity index is 2.13. The molecule has 0 saturated carbocycles. The molecule has 1 N–H and O–H groups in total. The Hall–Kier alpha value is -0.380. The number of aliphatic carboxylic acids is 1. The molecule has 1 fully saturated rings. The van der Waals surface area contributed by atoms with E-state index in [0.29, 0.717) is 23.5 Å². The van der Waals surface area contributed by atoms with Crippen molar-refractivity contribution in [1.82, 2.24) is 4.90 Å². The fourth-order valence-electron chi connectivity index (χ4n) is 2.19. The number of rotatable bonds is 4. The highest BCUT2D eigenvalue weighted by Gasteiger charge is 2.33. The SMILES string of the molecule is O=C(O)CC1CS(=O)(=O)CCN1Cc1cc(Br)c(Br)o1. The summed E-state index contributed by atoms with van der Waals surface area (Å²) < 4.78 is 30.1. The first-order chi connectivity index (χ1) is 9.27. The van der Waals surface area contributed by atoms with E-state index in [1.54, 1.807) is 6.07 Å². The molecule has 6 nitrogen and oxygen atoms in total. The van der Waals surface area contributed by atoms with Gasteiger partial charge in [-0.25, -0.2) is 8.42 Å². The lowest BCUT2D eigenvalue weighted by Crippen LogP contribution is -2.48. The highest BCUT2D eigenvalue weighted by atomic mass is 79.9. The second-order valence-electron chi connectivity index (χ2n) is 4.67. The molecule has 0 radical (unpaired) electrons. The highest BCUT2D eigenvalue weighted by molar-refractivity contribution is 9.13. The zero-order valence-corrected chi connectivity index (χ0v) is 14.4. The monoisotopic (exact) mass is 429 g/mol. The van der Waals surface area contributed by atoms with Crippen LogP contribution in [-0.2, 0) is 21.2 Å². The van der Waals surface area contributed by atoms with Crippen molar-refractivity contribution in [2.24, 2.45) is 0 Å². The largest absolute Gasteiger partial charge is 0.481 e. The van der Waals surface area contributed by atoms with Gasteiger partial charge in [0.05, 0.1) is 28.9 Å². The standard InChI is InChI=1S/C11H13Br2NO5S/c12-9-4-8(19-11(9)13)5-14-1-2-20(17,18)6-7(14)3-10(15)16/h4,7H,1-3,5-6H2,(H,15,16). The van der Waals surface area contributed by atoms with Gasteiger partial charge in [0.1, 0.15) is 5.76 Å². The van der Waals surface area contributed by atoms with Gasteiger partial charge in [0.2, 0.25) is 0 Å². The predicted octanol–water partition coefficient (Wildman–Crippen LogP) is 1.88. The van der Waals surface area contributed by atoms with Crippen molar-refractivity contribution < 1.29 is 22.7 Å². The molecule has 1 atom stereocenters. The summed E-state index contributed by atoms with van der Waals surface area (Å²) in [6, 6.07) is 1.26. The molecule has 0 amide bonds.